The first-order valence-corrected chi connectivity index (χ1v) is 11.5. The molecule has 6 heteroatoms. The molecular formula is C22H26N2O3S. The average molecular weight is 399 g/mol. The standard InChI is InChI=1S/C22H26N2O3S/c25-22(23-17-10-4-2-1-3-5-11-17)16-24-20-14-8-6-12-18(20)19-13-7-9-15-21(19)28(24,26)27/h6-9,12-15,17H,1-5,10-11,16H2,(H,23,25). The molecule has 148 valence electrons. The highest BCUT2D eigenvalue weighted by Gasteiger charge is 2.35. The van der Waals surface area contributed by atoms with Crippen molar-refractivity contribution < 1.29 is 13.2 Å². The summed E-state index contributed by atoms with van der Waals surface area (Å²) in [5.74, 6) is -0.233. The lowest BCUT2D eigenvalue weighted by Gasteiger charge is -2.32. The Morgan fingerprint density at radius 1 is 0.893 bits per heavy atom. The normalized spacial score (nSPS) is 19.1. The van der Waals surface area contributed by atoms with Crippen LogP contribution in [0.5, 0.6) is 0 Å². The van der Waals surface area contributed by atoms with Gasteiger partial charge in [-0.15, -0.1) is 0 Å². The SMILES string of the molecule is O=C(CN1c2ccccc2-c2ccccc2S1(=O)=O)NC1CCCCCCC1. The van der Waals surface area contributed by atoms with Gasteiger partial charge in [-0.2, -0.15) is 0 Å². The molecule has 1 amide bonds. The van der Waals surface area contributed by atoms with Crippen LogP contribution in [-0.4, -0.2) is 26.9 Å². The van der Waals surface area contributed by atoms with E-state index in [2.05, 4.69) is 5.32 Å². The summed E-state index contributed by atoms with van der Waals surface area (Å²) in [6, 6.07) is 14.5. The van der Waals surface area contributed by atoms with E-state index in [-0.39, 0.29) is 23.4 Å². The van der Waals surface area contributed by atoms with Gasteiger partial charge in [-0.1, -0.05) is 68.5 Å². The topological polar surface area (TPSA) is 66.5 Å². The number of hydrogen-bond acceptors (Lipinski definition) is 3. The van der Waals surface area contributed by atoms with Crippen LogP contribution in [0.1, 0.15) is 44.9 Å². The minimum absolute atomic E-state index is 0.142. The maximum absolute atomic E-state index is 13.2. The molecule has 1 N–H and O–H groups in total. The second-order valence-corrected chi connectivity index (χ2v) is 9.47. The van der Waals surface area contributed by atoms with E-state index in [1.807, 2.05) is 30.3 Å². The number of anilines is 1. The molecule has 1 aliphatic carbocycles. The molecule has 1 aliphatic heterocycles. The Hall–Kier alpha value is -2.34. The van der Waals surface area contributed by atoms with Crippen molar-refractivity contribution >= 4 is 21.6 Å². The van der Waals surface area contributed by atoms with Crippen LogP contribution in [0.15, 0.2) is 53.4 Å². The number of sulfonamides is 1. The lowest BCUT2D eigenvalue weighted by molar-refractivity contribution is -0.120. The largest absolute Gasteiger partial charge is 0.352 e. The van der Waals surface area contributed by atoms with Crippen LogP contribution in [0.3, 0.4) is 0 Å². The fourth-order valence-electron chi connectivity index (χ4n) is 4.26. The van der Waals surface area contributed by atoms with E-state index < -0.39 is 10.0 Å². The molecule has 5 nitrogen and oxygen atoms in total. The smallest absolute Gasteiger partial charge is 0.265 e. The number of benzene rings is 2. The molecule has 1 fully saturated rings. The molecule has 0 spiro atoms. The maximum atomic E-state index is 13.2. The number of rotatable bonds is 3. The number of amides is 1. The second-order valence-electron chi connectivity index (χ2n) is 7.63. The van der Waals surface area contributed by atoms with Gasteiger partial charge in [0.1, 0.15) is 6.54 Å². The molecule has 0 saturated heterocycles. The van der Waals surface area contributed by atoms with Crippen molar-refractivity contribution in [3.8, 4) is 11.1 Å². The molecule has 0 bridgehead atoms. The number of nitrogens with zero attached hydrogens (tertiary/aromatic N) is 1. The van der Waals surface area contributed by atoms with Crippen molar-refractivity contribution in [2.24, 2.45) is 0 Å². The Labute approximate surface area is 166 Å². The molecule has 2 aromatic rings. The van der Waals surface area contributed by atoms with E-state index in [1.54, 1.807) is 18.2 Å². The zero-order valence-corrected chi connectivity index (χ0v) is 16.7. The molecule has 0 radical (unpaired) electrons. The highest BCUT2D eigenvalue weighted by Crippen LogP contribution is 2.42. The highest BCUT2D eigenvalue weighted by atomic mass is 32.2. The van der Waals surface area contributed by atoms with Gasteiger partial charge >= 0.3 is 0 Å². The summed E-state index contributed by atoms with van der Waals surface area (Å²) in [6.07, 6.45) is 7.85. The van der Waals surface area contributed by atoms with Gasteiger partial charge in [-0.25, -0.2) is 8.42 Å². The monoisotopic (exact) mass is 398 g/mol. The fourth-order valence-corrected chi connectivity index (χ4v) is 5.90. The highest BCUT2D eigenvalue weighted by molar-refractivity contribution is 7.93. The molecule has 2 aliphatic rings. The number of para-hydroxylation sites is 1. The van der Waals surface area contributed by atoms with Gasteiger partial charge in [0.2, 0.25) is 5.91 Å². The number of hydrogen-bond donors (Lipinski definition) is 1. The van der Waals surface area contributed by atoms with Crippen LogP contribution in [0.25, 0.3) is 11.1 Å². The molecule has 1 heterocycles. The van der Waals surface area contributed by atoms with Crippen molar-refractivity contribution in [3.63, 3.8) is 0 Å². The van der Waals surface area contributed by atoms with Gasteiger partial charge in [0.05, 0.1) is 10.6 Å². The lowest BCUT2D eigenvalue weighted by Crippen LogP contribution is -2.45. The fraction of sp³-hybridized carbons (Fsp3) is 0.409. The third kappa shape index (κ3) is 3.65. The first-order valence-electron chi connectivity index (χ1n) is 10.1. The van der Waals surface area contributed by atoms with Crippen LogP contribution in [0.4, 0.5) is 5.69 Å². The van der Waals surface area contributed by atoms with E-state index in [9.17, 15) is 13.2 Å². The van der Waals surface area contributed by atoms with Crippen molar-refractivity contribution in [1.29, 1.82) is 0 Å². The van der Waals surface area contributed by atoms with Crippen LogP contribution in [0.2, 0.25) is 0 Å². The van der Waals surface area contributed by atoms with Gasteiger partial charge in [0, 0.05) is 17.2 Å². The number of nitrogens with one attached hydrogen (secondary N) is 1. The van der Waals surface area contributed by atoms with Crippen LogP contribution in [-0.2, 0) is 14.8 Å². The van der Waals surface area contributed by atoms with E-state index in [1.165, 1.54) is 23.6 Å². The van der Waals surface area contributed by atoms with Crippen LogP contribution in [0, 0.1) is 0 Å². The zero-order chi connectivity index (χ0) is 19.6. The Morgan fingerprint density at radius 3 is 2.25 bits per heavy atom. The third-order valence-electron chi connectivity index (χ3n) is 5.68. The minimum Gasteiger partial charge on any atom is -0.352 e. The third-order valence-corrected chi connectivity index (χ3v) is 7.49. The van der Waals surface area contributed by atoms with Gasteiger partial charge in [0.25, 0.3) is 10.0 Å². The molecule has 1 saturated carbocycles. The first-order chi connectivity index (χ1) is 13.6. The summed E-state index contributed by atoms with van der Waals surface area (Å²) in [6.45, 7) is -0.190. The summed E-state index contributed by atoms with van der Waals surface area (Å²) < 4.78 is 27.7. The molecule has 2 aromatic carbocycles. The van der Waals surface area contributed by atoms with Gasteiger partial charge in [0.15, 0.2) is 0 Å². The van der Waals surface area contributed by atoms with Gasteiger partial charge in [-0.3, -0.25) is 9.10 Å². The number of fused-ring (bicyclic) bond motifs is 3. The molecule has 4 rings (SSSR count). The Bertz CT molecular complexity index is 963. The lowest BCUT2D eigenvalue weighted by atomic mass is 9.97. The second kappa shape index (κ2) is 7.95. The predicted molar refractivity (Wildman–Crippen MR) is 111 cm³/mol. The van der Waals surface area contributed by atoms with E-state index in [0.29, 0.717) is 11.3 Å². The van der Waals surface area contributed by atoms with Crippen LogP contribution >= 0.6 is 0 Å². The summed E-state index contributed by atoms with van der Waals surface area (Å²) >= 11 is 0. The molecular weight excluding hydrogens is 372 g/mol. The molecule has 0 unspecified atom stereocenters. The molecule has 0 aromatic heterocycles. The minimum atomic E-state index is -3.77. The summed E-state index contributed by atoms with van der Waals surface area (Å²) in [4.78, 5) is 13.0. The molecule has 28 heavy (non-hydrogen) atoms. The van der Waals surface area contributed by atoms with E-state index >= 15 is 0 Å². The van der Waals surface area contributed by atoms with E-state index in [4.69, 9.17) is 0 Å². The maximum Gasteiger partial charge on any atom is 0.265 e. The van der Waals surface area contributed by atoms with Gasteiger partial charge in [-0.05, 0) is 25.0 Å². The molecule has 0 atom stereocenters. The summed E-state index contributed by atoms with van der Waals surface area (Å²) in [5.41, 5.74) is 2.09. The van der Waals surface area contributed by atoms with Crippen molar-refractivity contribution in [1.82, 2.24) is 5.32 Å². The van der Waals surface area contributed by atoms with E-state index in [0.717, 1.165) is 31.2 Å². The van der Waals surface area contributed by atoms with Gasteiger partial charge < -0.3 is 5.32 Å². The van der Waals surface area contributed by atoms with Crippen LogP contribution < -0.4 is 9.62 Å². The summed E-state index contributed by atoms with van der Waals surface area (Å²) in [5, 5.41) is 3.08. The zero-order valence-electron chi connectivity index (χ0n) is 15.9. The van der Waals surface area contributed by atoms with Crippen molar-refractivity contribution in [3.05, 3.63) is 48.5 Å². The quantitative estimate of drug-likeness (QED) is 0.847. The first kappa shape index (κ1) is 19.0. The number of carbonyl (C=O) groups excluding carboxylic acids is 1. The Kier molecular flexibility index (Phi) is 5.40. The predicted octanol–water partition coefficient (Wildman–Crippen LogP) is 4.09. The Morgan fingerprint density at radius 2 is 1.50 bits per heavy atom. The van der Waals surface area contributed by atoms with Crippen molar-refractivity contribution in [2.75, 3.05) is 10.8 Å². The van der Waals surface area contributed by atoms with Crippen molar-refractivity contribution in [2.45, 2.75) is 55.9 Å². The Balaban J connectivity index is 1.59. The average Bonchev–Trinajstić information content (AvgIpc) is 2.67. The summed E-state index contributed by atoms with van der Waals surface area (Å²) in [7, 11) is -3.77. The number of carbonyl (C=O) groups is 1.